The third kappa shape index (κ3) is 9.94. The minimum atomic E-state index is -5.56. The molecule has 1 saturated heterocycles. The standard InChI is InChI=1S/C26H31N5O13P2/c27-13-7-15-45(36,37)44-46(38,39)40-16-19-21(42-25(34)28-17-8-3-1-4-9-17)22(43-26(35)29-18-10-5-2-6-11-18)23(41-19)31-14-12-20(32)30-24(31)33/h1-6,8-12,14,19,21-23H,7,13,15-16,27H2,(H,28,34)(H,29,35)(H,36,37)(H,38,39)(H,30,32,33)/p-2/t19-,21?,22+,23-/m1/s1. The van der Waals surface area contributed by atoms with Gasteiger partial charge in [0.15, 0.2) is 18.4 Å². The maximum absolute atomic E-state index is 13.0. The topological polar surface area (TPSA) is 265 Å². The predicted octanol–water partition coefficient (Wildman–Crippen LogP) is 1.07. The molecule has 0 saturated carbocycles. The van der Waals surface area contributed by atoms with Crippen LogP contribution in [-0.4, -0.2) is 59.4 Å². The number of carbonyl (C=O) groups is 2. The summed E-state index contributed by atoms with van der Waals surface area (Å²) in [6.07, 6.45) is -8.58. The second-order valence-corrected chi connectivity index (χ2v) is 13.1. The number of nitrogens with two attached hydrogens (primary N) is 1. The average molecular weight is 681 g/mol. The number of benzene rings is 2. The van der Waals surface area contributed by atoms with Crippen molar-refractivity contribution in [2.75, 3.05) is 29.9 Å². The summed E-state index contributed by atoms with van der Waals surface area (Å²) < 4.78 is 51.2. The zero-order chi connectivity index (χ0) is 33.3. The fourth-order valence-corrected chi connectivity index (χ4v) is 6.85. The van der Waals surface area contributed by atoms with E-state index in [2.05, 4.69) is 14.9 Å². The number of H-pyrrole nitrogens is 1. The van der Waals surface area contributed by atoms with Gasteiger partial charge in [-0.3, -0.25) is 33.9 Å². The van der Waals surface area contributed by atoms with E-state index < -0.39 is 76.2 Å². The number of phosphoric acid groups is 1. The first-order valence-electron chi connectivity index (χ1n) is 13.6. The van der Waals surface area contributed by atoms with Crippen molar-refractivity contribution < 1.29 is 51.6 Å². The van der Waals surface area contributed by atoms with E-state index >= 15 is 0 Å². The molecule has 3 unspecified atom stereocenters. The Balaban J connectivity index is 1.64. The zero-order valence-electron chi connectivity index (χ0n) is 23.8. The van der Waals surface area contributed by atoms with Crippen LogP contribution in [0, 0.1) is 0 Å². The molecule has 1 aromatic heterocycles. The summed E-state index contributed by atoms with van der Waals surface area (Å²) in [6, 6.07) is 17.0. The van der Waals surface area contributed by atoms with E-state index in [0.717, 1.165) is 16.8 Å². The fourth-order valence-electron chi connectivity index (χ4n) is 4.21. The Kier molecular flexibility index (Phi) is 11.7. The molecule has 3 aromatic rings. The second-order valence-electron chi connectivity index (χ2n) is 9.61. The summed E-state index contributed by atoms with van der Waals surface area (Å²) in [4.78, 5) is 76.9. The van der Waals surface area contributed by atoms with Gasteiger partial charge >= 0.3 is 17.9 Å². The van der Waals surface area contributed by atoms with Crippen molar-refractivity contribution in [3.05, 3.63) is 93.8 Å². The number of phosphoric ester groups is 1. The number of carbonyl (C=O) groups excluding carboxylic acids is 2. The van der Waals surface area contributed by atoms with Crippen LogP contribution in [0.5, 0.6) is 0 Å². The Labute approximate surface area is 260 Å². The van der Waals surface area contributed by atoms with Crippen molar-refractivity contribution in [2.24, 2.45) is 5.73 Å². The largest absolute Gasteiger partial charge is 0.778 e. The SMILES string of the molecule is NCCCP(=O)([O-])OP(=O)([O-])OC[C@H]1O[C@@H](n2ccc(=O)[nH]c2=O)[C@@H](OC(=O)Nc2ccccc2)C1OC(=O)Nc1ccccc1. The number of hydrogen-bond acceptors (Lipinski definition) is 14. The Hall–Kier alpha value is -4.12. The summed E-state index contributed by atoms with van der Waals surface area (Å²) in [6.45, 7) is -1.08. The number of aromatic amines is 1. The number of nitrogens with one attached hydrogen (secondary N) is 3. The van der Waals surface area contributed by atoms with Gasteiger partial charge in [-0.05, 0) is 37.2 Å². The van der Waals surface area contributed by atoms with Crippen molar-refractivity contribution in [1.82, 2.24) is 9.55 Å². The van der Waals surface area contributed by atoms with Gasteiger partial charge in [-0.2, -0.15) is 0 Å². The monoisotopic (exact) mass is 681 g/mol. The smallest absolute Gasteiger partial charge is 0.412 e. The maximum Gasteiger partial charge on any atom is 0.412 e. The second kappa shape index (κ2) is 15.4. The lowest BCUT2D eigenvalue weighted by Crippen LogP contribution is -2.44. The molecule has 248 valence electrons. The van der Waals surface area contributed by atoms with Crippen LogP contribution in [0.2, 0.25) is 0 Å². The molecule has 18 nitrogen and oxygen atoms in total. The molecule has 1 fully saturated rings. The van der Waals surface area contributed by atoms with Crippen molar-refractivity contribution in [2.45, 2.75) is 31.0 Å². The minimum Gasteiger partial charge on any atom is -0.778 e. The van der Waals surface area contributed by atoms with Gasteiger partial charge in [-0.25, -0.2) is 14.4 Å². The van der Waals surface area contributed by atoms with Crippen LogP contribution in [0.1, 0.15) is 12.6 Å². The molecule has 0 spiro atoms. The Morgan fingerprint density at radius 2 is 1.48 bits per heavy atom. The first-order chi connectivity index (χ1) is 21.9. The number of amides is 2. The van der Waals surface area contributed by atoms with Crippen LogP contribution < -0.4 is 37.4 Å². The molecule has 4 rings (SSSR count). The lowest BCUT2D eigenvalue weighted by molar-refractivity contribution is -0.233. The third-order valence-electron chi connectivity index (χ3n) is 6.19. The van der Waals surface area contributed by atoms with E-state index in [-0.39, 0.29) is 13.0 Å². The molecule has 46 heavy (non-hydrogen) atoms. The summed E-state index contributed by atoms with van der Waals surface area (Å²) in [5, 5.41) is 4.89. The molecular formula is C26H29N5O13P2-2. The van der Waals surface area contributed by atoms with Crippen LogP contribution in [-0.2, 0) is 32.2 Å². The molecule has 6 atom stereocenters. The van der Waals surface area contributed by atoms with E-state index in [1.54, 1.807) is 48.5 Å². The minimum absolute atomic E-state index is 0.0513. The molecule has 0 aliphatic carbocycles. The lowest BCUT2D eigenvalue weighted by Gasteiger charge is -2.32. The number of anilines is 2. The van der Waals surface area contributed by atoms with Gasteiger partial charge in [0.2, 0.25) is 0 Å². The summed E-state index contributed by atoms with van der Waals surface area (Å²) in [7, 11) is -10.5. The normalized spacial score (nSPS) is 21.8. The molecule has 1 aliphatic heterocycles. The van der Waals surface area contributed by atoms with Gasteiger partial charge in [0, 0.05) is 29.8 Å². The number of hydrogen-bond donors (Lipinski definition) is 4. The van der Waals surface area contributed by atoms with Crippen LogP contribution in [0.15, 0.2) is 82.5 Å². The van der Waals surface area contributed by atoms with E-state index in [0.29, 0.717) is 11.4 Å². The summed E-state index contributed by atoms with van der Waals surface area (Å²) >= 11 is 0. The predicted molar refractivity (Wildman–Crippen MR) is 157 cm³/mol. The molecular weight excluding hydrogens is 652 g/mol. The van der Waals surface area contributed by atoms with Crippen LogP contribution in [0.25, 0.3) is 0 Å². The molecule has 2 amide bonds. The molecule has 2 heterocycles. The Morgan fingerprint density at radius 1 is 0.913 bits per heavy atom. The molecule has 2 aromatic carbocycles. The maximum atomic E-state index is 13.0. The lowest BCUT2D eigenvalue weighted by atomic mass is 10.1. The molecule has 0 radical (unpaired) electrons. The molecule has 0 bridgehead atoms. The van der Waals surface area contributed by atoms with E-state index in [1.165, 1.54) is 12.1 Å². The third-order valence-corrected chi connectivity index (χ3v) is 9.32. The van der Waals surface area contributed by atoms with Gasteiger partial charge in [0.05, 0.1) is 6.61 Å². The summed E-state index contributed by atoms with van der Waals surface area (Å²) in [5.41, 5.74) is 4.09. The number of rotatable bonds is 13. The highest BCUT2D eigenvalue weighted by molar-refractivity contribution is 7.62. The van der Waals surface area contributed by atoms with Crippen LogP contribution in [0.4, 0.5) is 21.0 Å². The van der Waals surface area contributed by atoms with Crippen molar-refractivity contribution in [3.8, 4) is 0 Å². The molecule has 20 heteroatoms. The van der Waals surface area contributed by atoms with Crippen molar-refractivity contribution >= 4 is 39.0 Å². The van der Waals surface area contributed by atoms with Gasteiger partial charge in [0.25, 0.3) is 13.4 Å². The van der Waals surface area contributed by atoms with E-state index in [1.807, 2.05) is 4.98 Å². The highest BCUT2D eigenvalue weighted by Gasteiger charge is 2.51. The fraction of sp³-hybridized carbons (Fsp3) is 0.308. The van der Waals surface area contributed by atoms with Gasteiger partial charge in [0.1, 0.15) is 13.7 Å². The number of nitrogens with zero attached hydrogens (tertiary/aromatic N) is 1. The average Bonchev–Trinajstić information content (AvgIpc) is 3.31. The Bertz CT molecular complexity index is 1710. The van der Waals surface area contributed by atoms with Gasteiger partial charge < -0.3 is 38.8 Å². The van der Waals surface area contributed by atoms with Crippen molar-refractivity contribution in [3.63, 3.8) is 0 Å². The Morgan fingerprint density at radius 3 is 2.02 bits per heavy atom. The van der Waals surface area contributed by atoms with E-state index in [4.69, 9.17) is 24.5 Å². The number of para-hydroxylation sites is 2. The number of aromatic nitrogens is 2. The molecule has 1 aliphatic rings. The molecule has 5 N–H and O–H groups in total. The first-order valence-corrected chi connectivity index (χ1v) is 16.7. The number of ether oxygens (including phenoxy) is 3. The van der Waals surface area contributed by atoms with Gasteiger partial charge in [-0.1, -0.05) is 36.4 Å². The first kappa shape index (κ1) is 34.7. The highest BCUT2D eigenvalue weighted by atomic mass is 31.3. The highest BCUT2D eigenvalue weighted by Crippen LogP contribution is 2.55. The van der Waals surface area contributed by atoms with E-state index in [9.17, 15) is 38.1 Å². The summed E-state index contributed by atoms with van der Waals surface area (Å²) in [5.74, 6) is 0. The zero-order valence-corrected chi connectivity index (χ0v) is 25.6. The van der Waals surface area contributed by atoms with Gasteiger partial charge in [-0.15, -0.1) is 0 Å². The quantitative estimate of drug-likeness (QED) is 0.184. The van der Waals surface area contributed by atoms with Crippen molar-refractivity contribution in [1.29, 1.82) is 0 Å². The van der Waals surface area contributed by atoms with Crippen LogP contribution in [0.3, 0.4) is 0 Å². The van der Waals surface area contributed by atoms with Crippen LogP contribution >= 0.6 is 15.4 Å².